The summed E-state index contributed by atoms with van der Waals surface area (Å²) < 4.78 is 31.5. The standard InChI is InChI=1S/C21H28N2O4S/c1-15(2)27-20-11-7-9-18(13-20)14-22-21(24)17(4)23(28(5,25)26)19-10-6-8-16(3)12-19/h6-13,15,17H,14H2,1-5H3,(H,22,24)/t17-/m0/s1. The number of carbonyl (C=O) groups is 1. The van der Waals surface area contributed by atoms with Gasteiger partial charge in [0.1, 0.15) is 11.8 Å². The van der Waals surface area contributed by atoms with E-state index >= 15 is 0 Å². The molecule has 0 heterocycles. The van der Waals surface area contributed by atoms with Crippen molar-refractivity contribution in [2.24, 2.45) is 0 Å². The molecule has 0 saturated heterocycles. The Kier molecular flexibility index (Phi) is 7.07. The highest BCUT2D eigenvalue weighted by Gasteiger charge is 2.29. The van der Waals surface area contributed by atoms with Crippen LogP contribution in [0.15, 0.2) is 48.5 Å². The molecule has 1 amide bonds. The fourth-order valence-corrected chi connectivity index (χ4v) is 4.08. The highest BCUT2D eigenvalue weighted by molar-refractivity contribution is 7.92. The third kappa shape index (κ3) is 5.99. The topological polar surface area (TPSA) is 75.7 Å². The maximum Gasteiger partial charge on any atom is 0.243 e. The first-order valence-electron chi connectivity index (χ1n) is 9.17. The molecule has 0 unspecified atom stereocenters. The number of hydrogen-bond acceptors (Lipinski definition) is 4. The van der Waals surface area contributed by atoms with Gasteiger partial charge in [0.25, 0.3) is 0 Å². The summed E-state index contributed by atoms with van der Waals surface area (Å²) in [4.78, 5) is 12.7. The molecule has 0 spiro atoms. The number of hydrogen-bond donors (Lipinski definition) is 1. The molecule has 0 fully saturated rings. The van der Waals surface area contributed by atoms with E-state index in [2.05, 4.69) is 5.32 Å². The number of sulfonamides is 1. The summed E-state index contributed by atoms with van der Waals surface area (Å²) in [6.45, 7) is 7.63. The highest BCUT2D eigenvalue weighted by Crippen LogP contribution is 2.22. The molecule has 0 saturated carbocycles. The number of nitrogens with one attached hydrogen (secondary N) is 1. The number of amides is 1. The molecule has 0 bridgehead atoms. The molecule has 1 N–H and O–H groups in total. The smallest absolute Gasteiger partial charge is 0.243 e. The fourth-order valence-electron chi connectivity index (χ4n) is 2.91. The Morgan fingerprint density at radius 2 is 1.79 bits per heavy atom. The van der Waals surface area contributed by atoms with Crippen molar-refractivity contribution in [3.8, 4) is 5.75 Å². The minimum Gasteiger partial charge on any atom is -0.491 e. The second-order valence-corrected chi connectivity index (χ2v) is 8.97. The minimum absolute atomic E-state index is 0.0579. The average molecular weight is 405 g/mol. The lowest BCUT2D eigenvalue weighted by Crippen LogP contribution is -2.47. The van der Waals surface area contributed by atoms with E-state index in [0.717, 1.165) is 27.4 Å². The Hall–Kier alpha value is -2.54. The first-order chi connectivity index (χ1) is 13.1. The van der Waals surface area contributed by atoms with Crippen LogP contribution >= 0.6 is 0 Å². The third-order valence-electron chi connectivity index (χ3n) is 4.08. The van der Waals surface area contributed by atoms with Crippen LogP contribution in [0.1, 0.15) is 31.9 Å². The Morgan fingerprint density at radius 3 is 2.39 bits per heavy atom. The fraction of sp³-hybridized carbons (Fsp3) is 0.381. The van der Waals surface area contributed by atoms with Gasteiger partial charge in [-0.15, -0.1) is 0 Å². The molecule has 0 aliphatic carbocycles. The molecular formula is C21H28N2O4S. The van der Waals surface area contributed by atoms with Gasteiger partial charge < -0.3 is 10.1 Å². The van der Waals surface area contributed by atoms with E-state index < -0.39 is 16.1 Å². The number of aryl methyl sites for hydroxylation is 1. The van der Waals surface area contributed by atoms with Gasteiger partial charge in [-0.25, -0.2) is 8.42 Å². The van der Waals surface area contributed by atoms with Crippen molar-refractivity contribution in [2.45, 2.75) is 46.4 Å². The molecule has 7 heteroatoms. The van der Waals surface area contributed by atoms with Crippen molar-refractivity contribution in [1.82, 2.24) is 5.32 Å². The van der Waals surface area contributed by atoms with Crippen LogP contribution in [0.25, 0.3) is 0 Å². The number of anilines is 1. The van der Waals surface area contributed by atoms with Crippen molar-refractivity contribution in [1.29, 1.82) is 0 Å². The van der Waals surface area contributed by atoms with Gasteiger partial charge in [-0.2, -0.15) is 0 Å². The number of carbonyl (C=O) groups excluding carboxylic acids is 1. The molecular weight excluding hydrogens is 376 g/mol. The second kappa shape index (κ2) is 9.10. The van der Waals surface area contributed by atoms with Crippen molar-refractivity contribution in [2.75, 3.05) is 10.6 Å². The van der Waals surface area contributed by atoms with E-state index in [9.17, 15) is 13.2 Å². The third-order valence-corrected chi connectivity index (χ3v) is 5.32. The molecule has 0 aliphatic rings. The van der Waals surface area contributed by atoms with Crippen LogP contribution in [0.4, 0.5) is 5.69 Å². The van der Waals surface area contributed by atoms with Crippen LogP contribution < -0.4 is 14.4 Å². The molecule has 0 radical (unpaired) electrons. The van der Waals surface area contributed by atoms with Crippen LogP contribution in [0.3, 0.4) is 0 Å². The second-order valence-electron chi connectivity index (χ2n) is 7.11. The summed E-state index contributed by atoms with van der Waals surface area (Å²) in [5.74, 6) is 0.356. The predicted molar refractivity (Wildman–Crippen MR) is 112 cm³/mol. The lowest BCUT2D eigenvalue weighted by atomic mass is 10.2. The molecule has 2 aromatic carbocycles. The van der Waals surface area contributed by atoms with E-state index in [4.69, 9.17) is 4.74 Å². The highest BCUT2D eigenvalue weighted by atomic mass is 32.2. The van der Waals surface area contributed by atoms with E-state index in [1.807, 2.05) is 51.1 Å². The van der Waals surface area contributed by atoms with Gasteiger partial charge in [0.15, 0.2) is 0 Å². The molecule has 2 rings (SSSR count). The van der Waals surface area contributed by atoms with Crippen LogP contribution in [0.2, 0.25) is 0 Å². The van der Waals surface area contributed by atoms with E-state index in [1.54, 1.807) is 25.1 Å². The Morgan fingerprint density at radius 1 is 1.11 bits per heavy atom. The minimum atomic E-state index is -3.63. The zero-order valence-corrected chi connectivity index (χ0v) is 17.8. The maximum absolute atomic E-state index is 12.7. The van der Waals surface area contributed by atoms with E-state index in [-0.39, 0.29) is 18.6 Å². The van der Waals surface area contributed by atoms with Crippen LogP contribution in [0.5, 0.6) is 5.75 Å². The SMILES string of the molecule is Cc1cccc(N([C@@H](C)C(=O)NCc2cccc(OC(C)C)c2)S(C)(=O)=O)c1. The summed E-state index contributed by atoms with van der Waals surface area (Å²) in [6.07, 6.45) is 1.16. The van der Waals surface area contributed by atoms with Crippen molar-refractivity contribution in [3.63, 3.8) is 0 Å². The summed E-state index contributed by atoms with van der Waals surface area (Å²) in [5.41, 5.74) is 2.26. The molecule has 0 aromatic heterocycles. The molecule has 1 atom stereocenters. The molecule has 6 nitrogen and oxygen atoms in total. The Bertz CT molecular complexity index is 926. The van der Waals surface area contributed by atoms with Gasteiger partial charge in [0, 0.05) is 6.54 Å². The molecule has 28 heavy (non-hydrogen) atoms. The zero-order chi connectivity index (χ0) is 20.9. The van der Waals surface area contributed by atoms with Gasteiger partial charge in [0.2, 0.25) is 15.9 Å². The van der Waals surface area contributed by atoms with Crippen molar-refractivity contribution >= 4 is 21.6 Å². The number of benzene rings is 2. The largest absolute Gasteiger partial charge is 0.491 e. The van der Waals surface area contributed by atoms with Crippen LogP contribution in [0, 0.1) is 6.92 Å². The van der Waals surface area contributed by atoms with Gasteiger partial charge in [0.05, 0.1) is 18.0 Å². The summed E-state index contributed by atoms with van der Waals surface area (Å²) in [7, 11) is -3.63. The molecule has 152 valence electrons. The van der Waals surface area contributed by atoms with Crippen molar-refractivity contribution < 1.29 is 17.9 Å². The number of nitrogens with zero attached hydrogens (tertiary/aromatic N) is 1. The Balaban J connectivity index is 2.13. The first kappa shape index (κ1) is 21.8. The lowest BCUT2D eigenvalue weighted by Gasteiger charge is -2.28. The lowest BCUT2D eigenvalue weighted by molar-refractivity contribution is -0.122. The molecule has 0 aliphatic heterocycles. The summed E-state index contributed by atoms with van der Waals surface area (Å²) in [6, 6.07) is 13.7. The quantitative estimate of drug-likeness (QED) is 0.733. The Labute approximate surface area is 167 Å². The number of rotatable bonds is 8. The summed E-state index contributed by atoms with van der Waals surface area (Å²) in [5, 5.41) is 2.82. The normalized spacial score (nSPS) is 12.5. The van der Waals surface area contributed by atoms with Gasteiger partial charge >= 0.3 is 0 Å². The first-order valence-corrected chi connectivity index (χ1v) is 11.0. The van der Waals surface area contributed by atoms with E-state index in [0.29, 0.717) is 5.69 Å². The maximum atomic E-state index is 12.7. The van der Waals surface area contributed by atoms with Gasteiger partial charge in [-0.3, -0.25) is 9.10 Å². The zero-order valence-electron chi connectivity index (χ0n) is 17.0. The van der Waals surface area contributed by atoms with Crippen molar-refractivity contribution in [3.05, 3.63) is 59.7 Å². The van der Waals surface area contributed by atoms with Gasteiger partial charge in [-0.05, 0) is 63.1 Å². The number of ether oxygens (including phenoxy) is 1. The van der Waals surface area contributed by atoms with E-state index in [1.165, 1.54) is 0 Å². The van der Waals surface area contributed by atoms with Gasteiger partial charge in [-0.1, -0.05) is 24.3 Å². The van der Waals surface area contributed by atoms with Crippen LogP contribution in [-0.2, 0) is 21.4 Å². The molecule has 2 aromatic rings. The monoisotopic (exact) mass is 404 g/mol. The van der Waals surface area contributed by atoms with Crippen LogP contribution in [-0.4, -0.2) is 32.7 Å². The average Bonchev–Trinajstić information content (AvgIpc) is 2.58. The summed E-state index contributed by atoms with van der Waals surface area (Å²) >= 11 is 0. The predicted octanol–water partition coefficient (Wildman–Crippen LogP) is 3.25.